The number of aryl methyl sites for hydroxylation is 1. The van der Waals surface area contributed by atoms with Gasteiger partial charge in [0.1, 0.15) is 11.3 Å². The van der Waals surface area contributed by atoms with Crippen LogP contribution in [-0.4, -0.2) is 42.7 Å². The van der Waals surface area contributed by atoms with Crippen LogP contribution >= 0.6 is 11.8 Å². The molecule has 6 nitrogen and oxygen atoms in total. The zero-order valence-corrected chi connectivity index (χ0v) is 13.1. The molecular formula is C13H17NO5S2. The predicted octanol–water partition coefficient (Wildman–Crippen LogP) is 1.60. The Morgan fingerprint density at radius 2 is 2.14 bits per heavy atom. The van der Waals surface area contributed by atoms with Crippen molar-refractivity contribution in [3.05, 3.63) is 35.9 Å². The highest BCUT2D eigenvalue weighted by Crippen LogP contribution is 2.25. The average molecular weight is 331 g/mol. The lowest BCUT2D eigenvalue weighted by atomic mass is 10.1. The van der Waals surface area contributed by atoms with Crippen molar-refractivity contribution in [3.63, 3.8) is 0 Å². The molecule has 0 saturated heterocycles. The first kappa shape index (κ1) is 17.5. The SMILES string of the molecule is C=CCSCCNS(=O)(=O)c1cc(C(=O)O)c(O)cc1C. The maximum Gasteiger partial charge on any atom is 0.339 e. The fraction of sp³-hybridized carbons (Fsp3) is 0.308. The van der Waals surface area contributed by atoms with E-state index in [2.05, 4.69) is 11.3 Å². The van der Waals surface area contributed by atoms with Crippen molar-refractivity contribution in [2.75, 3.05) is 18.1 Å². The molecule has 1 aromatic rings. The molecule has 0 heterocycles. The third-order valence-electron chi connectivity index (χ3n) is 2.59. The summed E-state index contributed by atoms with van der Waals surface area (Å²) >= 11 is 1.52. The van der Waals surface area contributed by atoms with Crippen molar-refractivity contribution >= 4 is 27.8 Å². The predicted molar refractivity (Wildman–Crippen MR) is 82.5 cm³/mol. The van der Waals surface area contributed by atoms with Gasteiger partial charge in [-0.25, -0.2) is 17.9 Å². The molecule has 116 valence electrons. The number of sulfonamides is 1. The molecule has 0 aliphatic carbocycles. The van der Waals surface area contributed by atoms with Crippen LogP contribution in [0, 0.1) is 6.92 Å². The lowest BCUT2D eigenvalue weighted by Gasteiger charge is -2.11. The number of carboxylic acids is 1. The van der Waals surface area contributed by atoms with E-state index in [1.54, 1.807) is 6.08 Å². The second-order valence-corrected chi connectivity index (χ2v) is 7.09. The summed E-state index contributed by atoms with van der Waals surface area (Å²) < 4.78 is 26.7. The summed E-state index contributed by atoms with van der Waals surface area (Å²) in [4.78, 5) is 10.8. The van der Waals surface area contributed by atoms with Gasteiger partial charge in [0.05, 0.1) is 4.90 Å². The summed E-state index contributed by atoms with van der Waals surface area (Å²) in [5, 5.41) is 18.4. The molecule has 0 unspecified atom stereocenters. The van der Waals surface area contributed by atoms with Crippen LogP contribution in [0.3, 0.4) is 0 Å². The third kappa shape index (κ3) is 4.76. The van der Waals surface area contributed by atoms with Crippen LogP contribution < -0.4 is 4.72 Å². The van der Waals surface area contributed by atoms with E-state index < -0.39 is 27.3 Å². The largest absolute Gasteiger partial charge is 0.507 e. The van der Waals surface area contributed by atoms with Gasteiger partial charge >= 0.3 is 5.97 Å². The van der Waals surface area contributed by atoms with Gasteiger partial charge in [0.15, 0.2) is 0 Å². The second kappa shape index (κ2) is 7.48. The molecule has 0 bridgehead atoms. The van der Waals surface area contributed by atoms with Crippen molar-refractivity contribution in [3.8, 4) is 5.75 Å². The van der Waals surface area contributed by atoms with Crippen molar-refractivity contribution in [1.82, 2.24) is 4.72 Å². The van der Waals surface area contributed by atoms with Gasteiger partial charge < -0.3 is 10.2 Å². The second-order valence-electron chi connectivity index (χ2n) is 4.20. The van der Waals surface area contributed by atoms with Gasteiger partial charge in [-0.2, -0.15) is 11.8 Å². The number of benzene rings is 1. The van der Waals surface area contributed by atoms with E-state index in [9.17, 15) is 18.3 Å². The Bertz CT molecular complexity index is 640. The summed E-state index contributed by atoms with van der Waals surface area (Å²) in [6.07, 6.45) is 1.72. The van der Waals surface area contributed by atoms with Crippen molar-refractivity contribution in [2.24, 2.45) is 0 Å². The number of aromatic carboxylic acids is 1. The fourth-order valence-electron chi connectivity index (χ4n) is 1.63. The number of nitrogens with one attached hydrogen (secondary N) is 1. The first-order chi connectivity index (χ1) is 9.79. The third-order valence-corrected chi connectivity index (χ3v) is 5.15. The summed E-state index contributed by atoms with van der Waals surface area (Å²) in [6, 6.07) is 2.09. The molecule has 0 atom stereocenters. The first-order valence-electron chi connectivity index (χ1n) is 6.05. The zero-order chi connectivity index (χ0) is 16.0. The van der Waals surface area contributed by atoms with Crippen LogP contribution in [0.15, 0.2) is 29.7 Å². The van der Waals surface area contributed by atoms with E-state index in [1.807, 2.05) is 0 Å². The Balaban J connectivity index is 2.95. The van der Waals surface area contributed by atoms with E-state index in [0.717, 1.165) is 17.9 Å². The van der Waals surface area contributed by atoms with E-state index in [-0.39, 0.29) is 17.0 Å². The Morgan fingerprint density at radius 1 is 1.48 bits per heavy atom. The van der Waals surface area contributed by atoms with Crippen molar-refractivity contribution in [2.45, 2.75) is 11.8 Å². The molecule has 0 aromatic heterocycles. The molecule has 8 heteroatoms. The Kier molecular flexibility index (Phi) is 6.25. The summed E-state index contributed by atoms with van der Waals surface area (Å²) in [6.45, 7) is 5.28. The van der Waals surface area contributed by atoms with Gasteiger partial charge in [-0.15, -0.1) is 6.58 Å². The summed E-state index contributed by atoms with van der Waals surface area (Å²) in [7, 11) is -3.81. The quantitative estimate of drug-likeness (QED) is 0.494. The van der Waals surface area contributed by atoms with Gasteiger partial charge in [0, 0.05) is 18.1 Å². The molecule has 0 aliphatic rings. The Labute approximate surface area is 127 Å². The Morgan fingerprint density at radius 3 is 2.71 bits per heavy atom. The fourth-order valence-corrected chi connectivity index (χ4v) is 3.62. The van der Waals surface area contributed by atoms with Crippen LogP contribution in [0.25, 0.3) is 0 Å². The molecule has 0 aliphatic heterocycles. The minimum absolute atomic E-state index is 0.147. The van der Waals surface area contributed by atoms with Gasteiger partial charge in [0.2, 0.25) is 10.0 Å². The molecule has 0 saturated carbocycles. The summed E-state index contributed by atoms with van der Waals surface area (Å²) in [5.74, 6) is -0.539. The summed E-state index contributed by atoms with van der Waals surface area (Å²) in [5.41, 5.74) is -0.161. The number of thioether (sulfide) groups is 1. The molecule has 1 rings (SSSR count). The first-order valence-corrected chi connectivity index (χ1v) is 8.68. The Hall–Kier alpha value is -1.51. The normalized spacial score (nSPS) is 11.3. The maximum absolute atomic E-state index is 12.2. The highest BCUT2D eigenvalue weighted by atomic mass is 32.2. The van der Waals surface area contributed by atoms with E-state index >= 15 is 0 Å². The number of rotatable bonds is 8. The zero-order valence-electron chi connectivity index (χ0n) is 11.5. The van der Waals surface area contributed by atoms with Gasteiger partial charge in [-0.3, -0.25) is 0 Å². The molecule has 0 amide bonds. The van der Waals surface area contributed by atoms with Crippen molar-refractivity contribution in [1.29, 1.82) is 0 Å². The van der Waals surface area contributed by atoms with Crippen LogP contribution in [0.5, 0.6) is 5.75 Å². The lowest BCUT2D eigenvalue weighted by Crippen LogP contribution is -2.27. The maximum atomic E-state index is 12.2. The van der Waals surface area contributed by atoms with E-state index in [4.69, 9.17) is 5.11 Å². The molecule has 1 aromatic carbocycles. The lowest BCUT2D eigenvalue weighted by molar-refractivity contribution is 0.0693. The van der Waals surface area contributed by atoms with Crippen molar-refractivity contribution < 1.29 is 23.4 Å². The highest BCUT2D eigenvalue weighted by molar-refractivity contribution is 7.99. The molecular weight excluding hydrogens is 314 g/mol. The van der Waals surface area contributed by atoms with Crippen LogP contribution in [0.4, 0.5) is 0 Å². The molecule has 0 radical (unpaired) electrons. The van der Waals surface area contributed by atoms with Crippen LogP contribution in [-0.2, 0) is 10.0 Å². The molecule has 0 spiro atoms. The smallest absolute Gasteiger partial charge is 0.339 e. The molecule has 21 heavy (non-hydrogen) atoms. The van der Waals surface area contributed by atoms with E-state index in [0.29, 0.717) is 5.75 Å². The average Bonchev–Trinajstić information content (AvgIpc) is 2.37. The van der Waals surface area contributed by atoms with Gasteiger partial charge in [0.25, 0.3) is 0 Å². The monoisotopic (exact) mass is 331 g/mol. The van der Waals surface area contributed by atoms with Gasteiger partial charge in [-0.1, -0.05) is 6.08 Å². The number of carboxylic acid groups (broad SMARTS) is 1. The number of carbonyl (C=O) groups is 1. The number of aromatic hydroxyl groups is 1. The highest BCUT2D eigenvalue weighted by Gasteiger charge is 2.21. The van der Waals surface area contributed by atoms with Crippen LogP contribution in [0.2, 0.25) is 0 Å². The van der Waals surface area contributed by atoms with Crippen LogP contribution in [0.1, 0.15) is 15.9 Å². The number of hydrogen-bond acceptors (Lipinski definition) is 5. The van der Waals surface area contributed by atoms with Gasteiger partial charge in [-0.05, 0) is 24.6 Å². The minimum atomic E-state index is -3.81. The number of hydrogen-bond donors (Lipinski definition) is 3. The molecule has 3 N–H and O–H groups in total. The minimum Gasteiger partial charge on any atom is -0.507 e. The topological polar surface area (TPSA) is 104 Å². The number of phenols is 1. The molecule has 0 fully saturated rings. The van der Waals surface area contributed by atoms with E-state index in [1.165, 1.54) is 18.7 Å². The standard InChI is InChI=1S/C13H17NO5S2/c1-3-5-20-6-4-14-21(18,19)12-8-10(13(16)17)11(15)7-9(12)2/h3,7-8,14-15H,1,4-6H2,2H3,(H,16,17).